The zero-order valence-electron chi connectivity index (χ0n) is 22.8. The van der Waals surface area contributed by atoms with E-state index in [9.17, 15) is 23.1 Å². The summed E-state index contributed by atoms with van der Waals surface area (Å²) < 4.78 is 35.3. The molecule has 1 aliphatic rings. The number of benzene rings is 2. The third-order valence-electron chi connectivity index (χ3n) is 7.40. The minimum atomic E-state index is -3.90. The second kappa shape index (κ2) is 11.7. The molecule has 2 aromatic carbocycles. The Morgan fingerprint density at radius 1 is 1.17 bits per heavy atom. The van der Waals surface area contributed by atoms with E-state index in [-0.39, 0.29) is 24.6 Å². The molecule has 0 aliphatic heterocycles. The number of nitrogens with zero attached hydrogens (tertiary/aromatic N) is 3. The Kier molecular flexibility index (Phi) is 8.08. The highest BCUT2D eigenvalue weighted by Gasteiger charge is 2.56. The van der Waals surface area contributed by atoms with E-state index in [2.05, 4.69) is 15.0 Å². The topological polar surface area (TPSA) is 163 Å². The number of hydrogen-bond acceptors (Lipinski definition) is 8. The highest BCUT2D eigenvalue weighted by Crippen LogP contribution is 2.44. The van der Waals surface area contributed by atoms with Crippen molar-refractivity contribution in [2.75, 3.05) is 13.2 Å². The van der Waals surface area contributed by atoms with Gasteiger partial charge in [-0.05, 0) is 48.2 Å². The van der Waals surface area contributed by atoms with Crippen LogP contribution in [0, 0.1) is 11.3 Å². The maximum Gasteiger partial charge on any atom is 0.263 e. The average molecular weight is 588 g/mol. The molecule has 2 aromatic heterocycles. The van der Waals surface area contributed by atoms with Crippen molar-refractivity contribution in [3.8, 4) is 11.9 Å². The number of aromatic nitrogens is 2. The molecule has 2 heterocycles. The molecule has 3 N–H and O–H groups in total. The minimum absolute atomic E-state index is 0.0693. The standard InChI is InChI=1S/C30H29N5O6S/c1-35-26-23(15-24(29(35)38)27(37)33-17-21-9-7-20(16-31)8-10-21)11-14-32-28(26)41-19-30(12-13-30)42(39,40)34-25(18-36)22-5-3-2-4-6-22/h2-11,14-15,25,34,36H,12-13,17-19H2,1H3,(H,33,37). The predicted molar refractivity (Wildman–Crippen MR) is 155 cm³/mol. The lowest BCUT2D eigenvalue weighted by molar-refractivity contribution is 0.0949. The van der Waals surface area contributed by atoms with Crippen LogP contribution in [0.15, 0.2) is 77.7 Å². The summed E-state index contributed by atoms with van der Waals surface area (Å²) in [5.41, 5.74) is 1.60. The first-order valence-electron chi connectivity index (χ1n) is 13.2. The average Bonchev–Trinajstić information content (AvgIpc) is 3.82. The molecule has 0 bridgehead atoms. The van der Waals surface area contributed by atoms with Gasteiger partial charge in [-0.2, -0.15) is 5.26 Å². The van der Waals surface area contributed by atoms with E-state index in [4.69, 9.17) is 10.00 Å². The van der Waals surface area contributed by atoms with Crippen molar-refractivity contribution >= 4 is 26.8 Å². The van der Waals surface area contributed by atoms with Gasteiger partial charge >= 0.3 is 0 Å². The number of fused-ring (bicyclic) bond motifs is 1. The number of aliphatic hydroxyl groups is 1. The molecule has 42 heavy (non-hydrogen) atoms. The first-order chi connectivity index (χ1) is 20.2. The molecular weight excluding hydrogens is 558 g/mol. The van der Waals surface area contributed by atoms with E-state index in [0.29, 0.717) is 34.9 Å². The number of pyridine rings is 2. The van der Waals surface area contributed by atoms with E-state index in [1.165, 1.54) is 23.9 Å². The van der Waals surface area contributed by atoms with Crippen LogP contribution in [0.3, 0.4) is 0 Å². The molecule has 1 unspecified atom stereocenters. The van der Waals surface area contributed by atoms with Crippen LogP contribution >= 0.6 is 0 Å². The Bertz CT molecular complexity index is 1830. The van der Waals surface area contributed by atoms with Crippen LogP contribution in [0.1, 0.15) is 45.9 Å². The zero-order valence-corrected chi connectivity index (χ0v) is 23.6. The number of aliphatic hydroxyl groups excluding tert-OH is 1. The lowest BCUT2D eigenvalue weighted by Gasteiger charge is -2.23. The number of hydrogen-bond donors (Lipinski definition) is 3. The van der Waals surface area contributed by atoms with Gasteiger partial charge in [-0.3, -0.25) is 9.59 Å². The molecule has 1 saturated carbocycles. The van der Waals surface area contributed by atoms with Gasteiger partial charge < -0.3 is 19.7 Å². The summed E-state index contributed by atoms with van der Waals surface area (Å²) >= 11 is 0. The van der Waals surface area contributed by atoms with Gasteiger partial charge in [0.2, 0.25) is 15.9 Å². The molecule has 1 fully saturated rings. The molecule has 1 aliphatic carbocycles. The molecule has 4 aromatic rings. The Hall–Kier alpha value is -4.57. The SMILES string of the molecule is Cn1c(=O)c(C(=O)NCc2ccc(C#N)cc2)cc2ccnc(OCC3(S(=O)(=O)NC(CO)c4ccccc4)CC3)c21. The van der Waals surface area contributed by atoms with Crippen molar-refractivity contribution in [1.29, 1.82) is 5.26 Å². The van der Waals surface area contributed by atoms with Crippen LogP contribution in [0.4, 0.5) is 0 Å². The fourth-order valence-corrected chi connectivity index (χ4v) is 6.37. The van der Waals surface area contributed by atoms with Crippen LogP contribution in [0.5, 0.6) is 5.88 Å². The lowest BCUT2D eigenvalue weighted by atomic mass is 10.1. The highest BCUT2D eigenvalue weighted by atomic mass is 32.2. The van der Waals surface area contributed by atoms with Crippen molar-refractivity contribution in [2.24, 2.45) is 7.05 Å². The maximum absolute atomic E-state index is 13.3. The monoisotopic (exact) mass is 587 g/mol. The zero-order chi connectivity index (χ0) is 29.9. The fourth-order valence-electron chi connectivity index (χ4n) is 4.68. The van der Waals surface area contributed by atoms with Gasteiger partial charge in [0.1, 0.15) is 22.4 Å². The predicted octanol–water partition coefficient (Wildman–Crippen LogP) is 2.30. The van der Waals surface area contributed by atoms with Crippen molar-refractivity contribution in [3.63, 3.8) is 0 Å². The number of aryl methyl sites for hydroxylation is 1. The molecule has 11 nitrogen and oxygen atoms in total. The summed E-state index contributed by atoms with van der Waals surface area (Å²) in [4.78, 5) is 30.4. The molecule has 1 atom stereocenters. The smallest absolute Gasteiger partial charge is 0.263 e. The van der Waals surface area contributed by atoms with Crippen molar-refractivity contribution in [2.45, 2.75) is 30.2 Å². The summed E-state index contributed by atoms with van der Waals surface area (Å²) in [7, 11) is -2.41. The fraction of sp³-hybridized carbons (Fsp3) is 0.267. The summed E-state index contributed by atoms with van der Waals surface area (Å²) in [5, 5.41) is 22.0. The number of ether oxygens (including phenoxy) is 1. The Labute approximate surface area is 242 Å². The number of carbonyl (C=O) groups is 1. The van der Waals surface area contributed by atoms with Gasteiger partial charge in [0.05, 0.1) is 24.3 Å². The van der Waals surface area contributed by atoms with Crippen molar-refractivity contribution in [1.82, 2.24) is 19.6 Å². The first-order valence-corrected chi connectivity index (χ1v) is 14.7. The van der Waals surface area contributed by atoms with Crippen LogP contribution in [-0.2, 0) is 23.6 Å². The number of carbonyl (C=O) groups excluding carboxylic acids is 1. The normalized spacial score (nSPS) is 14.6. The summed E-state index contributed by atoms with van der Waals surface area (Å²) in [5.74, 6) is -0.494. The van der Waals surface area contributed by atoms with Gasteiger partial charge in [-0.25, -0.2) is 18.1 Å². The number of rotatable bonds is 11. The number of nitrogens with one attached hydrogen (secondary N) is 2. The van der Waals surface area contributed by atoms with E-state index in [1.54, 1.807) is 60.7 Å². The molecule has 0 saturated heterocycles. The highest BCUT2D eigenvalue weighted by molar-refractivity contribution is 7.91. The first kappa shape index (κ1) is 28.9. The Morgan fingerprint density at radius 3 is 2.52 bits per heavy atom. The molecule has 1 amide bonds. The van der Waals surface area contributed by atoms with Gasteiger partial charge in [-0.15, -0.1) is 0 Å². The number of amides is 1. The summed E-state index contributed by atoms with van der Waals surface area (Å²) in [6.45, 7) is -0.443. The van der Waals surface area contributed by atoms with Crippen LogP contribution in [0.2, 0.25) is 0 Å². The quantitative estimate of drug-likeness (QED) is 0.241. The van der Waals surface area contributed by atoms with Crippen LogP contribution < -0.4 is 20.3 Å². The van der Waals surface area contributed by atoms with Crippen molar-refractivity contribution in [3.05, 3.63) is 106 Å². The molecule has 5 rings (SSSR count). The number of sulfonamides is 1. The number of nitriles is 1. The van der Waals surface area contributed by atoms with Crippen LogP contribution in [-0.4, -0.2) is 46.9 Å². The van der Waals surface area contributed by atoms with E-state index < -0.39 is 38.9 Å². The molecule has 12 heteroatoms. The Morgan fingerprint density at radius 2 is 1.88 bits per heavy atom. The molecule has 216 valence electrons. The van der Waals surface area contributed by atoms with Crippen molar-refractivity contribution < 1.29 is 23.1 Å². The lowest BCUT2D eigenvalue weighted by Crippen LogP contribution is -2.42. The third kappa shape index (κ3) is 5.75. The van der Waals surface area contributed by atoms with E-state index >= 15 is 0 Å². The second-order valence-electron chi connectivity index (χ2n) is 10.2. The summed E-state index contributed by atoms with van der Waals surface area (Å²) in [6.07, 6.45) is 2.19. The largest absolute Gasteiger partial charge is 0.474 e. The second-order valence-corrected chi connectivity index (χ2v) is 12.3. The maximum atomic E-state index is 13.3. The molecular formula is C30H29N5O6S. The van der Waals surface area contributed by atoms with E-state index in [1.807, 2.05) is 6.07 Å². The summed E-state index contributed by atoms with van der Waals surface area (Å²) in [6, 6.07) is 19.9. The minimum Gasteiger partial charge on any atom is -0.474 e. The molecule has 0 spiro atoms. The third-order valence-corrected chi connectivity index (χ3v) is 9.67. The van der Waals surface area contributed by atoms with Gasteiger partial charge in [-0.1, -0.05) is 42.5 Å². The Balaban J connectivity index is 1.33. The van der Waals surface area contributed by atoms with Gasteiger partial charge in [0.25, 0.3) is 11.5 Å². The van der Waals surface area contributed by atoms with Crippen LogP contribution in [0.25, 0.3) is 10.9 Å². The van der Waals surface area contributed by atoms with Gasteiger partial charge in [0.15, 0.2) is 0 Å². The van der Waals surface area contributed by atoms with E-state index in [0.717, 1.165) is 5.56 Å². The van der Waals surface area contributed by atoms with Gasteiger partial charge in [0, 0.05) is 25.2 Å². The molecule has 0 radical (unpaired) electrons.